The van der Waals surface area contributed by atoms with E-state index in [9.17, 15) is 9.18 Å². The monoisotopic (exact) mass is 355 g/mol. The van der Waals surface area contributed by atoms with Gasteiger partial charge in [0.1, 0.15) is 11.0 Å². The van der Waals surface area contributed by atoms with Gasteiger partial charge in [-0.2, -0.15) is 0 Å². The van der Waals surface area contributed by atoms with Crippen molar-refractivity contribution in [3.05, 3.63) is 28.7 Å². The molecular weight excluding hydrogens is 321 g/mol. The molecule has 0 unspecified atom stereocenters. The van der Waals surface area contributed by atoms with Gasteiger partial charge in [0, 0.05) is 6.20 Å². The van der Waals surface area contributed by atoms with Crippen molar-refractivity contribution >= 4 is 11.0 Å². The van der Waals surface area contributed by atoms with Crippen molar-refractivity contribution in [2.75, 3.05) is 39.3 Å². The first kappa shape index (κ1) is 23.3. The minimum Gasteiger partial charge on any atom is -0.343 e. The van der Waals surface area contributed by atoms with Crippen LogP contribution in [0.1, 0.15) is 41.5 Å². The molecule has 0 radical (unpaired) electrons. The first-order chi connectivity index (χ1) is 12.0. The third kappa shape index (κ3) is 8.27. The second-order valence-corrected chi connectivity index (χ2v) is 5.33. The highest BCUT2D eigenvalue weighted by molar-refractivity contribution is 5.74. The predicted octanol–water partition coefficient (Wildman–Crippen LogP) is 3.09. The minimum atomic E-state index is -0.575. The molecule has 0 spiro atoms. The van der Waals surface area contributed by atoms with Crippen molar-refractivity contribution in [2.45, 2.75) is 41.5 Å². The molecule has 144 valence electrons. The molecule has 25 heavy (non-hydrogen) atoms. The zero-order valence-corrected chi connectivity index (χ0v) is 16.5. The average molecular weight is 356 g/mol. The van der Waals surface area contributed by atoms with Gasteiger partial charge >= 0.3 is 0 Å². The quantitative estimate of drug-likeness (QED) is 0.835. The Morgan fingerprint density at radius 2 is 1.32 bits per heavy atom. The highest BCUT2D eigenvalue weighted by atomic mass is 19.1. The third-order valence-corrected chi connectivity index (χ3v) is 4.11. The van der Waals surface area contributed by atoms with Gasteiger partial charge in [-0.3, -0.25) is 4.79 Å². The van der Waals surface area contributed by atoms with Gasteiger partial charge in [0.15, 0.2) is 5.82 Å². The summed E-state index contributed by atoms with van der Waals surface area (Å²) in [6.07, 6.45) is 2.33. The first-order valence-corrected chi connectivity index (χ1v) is 9.13. The molecule has 2 heterocycles. The van der Waals surface area contributed by atoms with Crippen LogP contribution in [0.25, 0.3) is 11.0 Å². The second kappa shape index (κ2) is 13.5. The summed E-state index contributed by atoms with van der Waals surface area (Å²) >= 11 is 0. The Hall–Kier alpha value is -1.73. The fourth-order valence-corrected chi connectivity index (χ4v) is 2.28. The molecule has 2 aromatic rings. The van der Waals surface area contributed by atoms with Crippen LogP contribution in [0, 0.1) is 5.82 Å². The number of nitrogens with zero attached hydrogens (tertiary/aromatic N) is 3. The normalized spacial score (nSPS) is 10.4. The summed E-state index contributed by atoms with van der Waals surface area (Å²) in [5.74, 6) is -0.575. The number of hydrogen-bond donors (Lipinski definition) is 2. The predicted molar refractivity (Wildman–Crippen MR) is 104 cm³/mol. The summed E-state index contributed by atoms with van der Waals surface area (Å²) in [5, 5.41) is -0.0208. The first-order valence-electron chi connectivity index (χ1n) is 9.13. The number of aromatic nitrogens is 3. The maximum absolute atomic E-state index is 12.7. The molecule has 0 aliphatic heterocycles. The van der Waals surface area contributed by atoms with Crippen LogP contribution < -0.4 is 5.56 Å². The molecule has 2 aromatic heterocycles. The van der Waals surface area contributed by atoms with E-state index < -0.39 is 11.4 Å². The average Bonchev–Trinajstić information content (AvgIpc) is 3.02. The third-order valence-electron chi connectivity index (χ3n) is 4.11. The number of halogens is 1. The molecule has 0 saturated heterocycles. The standard InChI is InChI=1S/C6H4FN3O.2C6H15N/c7-3-1-8-5-4(3)6(11)10-2-9-5;2*1-4-7(5-2)6-3/h1-2H,(H2,8,9,10,11);2*4-6H2,1-3H3. The van der Waals surface area contributed by atoms with Crippen molar-refractivity contribution in [1.82, 2.24) is 24.8 Å². The van der Waals surface area contributed by atoms with Gasteiger partial charge in [0.2, 0.25) is 0 Å². The smallest absolute Gasteiger partial charge is 0.263 e. The maximum atomic E-state index is 12.7. The molecule has 0 aliphatic rings. The Morgan fingerprint density at radius 3 is 1.64 bits per heavy atom. The van der Waals surface area contributed by atoms with Crippen LogP contribution in [0.15, 0.2) is 17.3 Å². The second-order valence-electron chi connectivity index (χ2n) is 5.33. The van der Waals surface area contributed by atoms with Gasteiger partial charge in [-0.05, 0) is 39.3 Å². The van der Waals surface area contributed by atoms with E-state index in [0.717, 1.165) is 6.20 Å². The summed E-state index contributed by atoms with van der Waals surface area (Å²) < 4.78 is 12.7. The summed E-state index contributed by atoms with van der Waals surface area (Å²) in [6.45, 7) is 20.2. The van der Waals surface area contributed by atoms with Gasteiger partial charge < -0.3 is 19.8 Å². The molecule has 0 bridgehead atoms. The Morgan fingerprint density at radius 1 is 0.880 bits per heavy atom. The Labute approximate surface area is 150 Å². The van der Waals surface area contributed by atoms with Crippen molar-refractivity contribution < 1.29 is 4.39 Å². The molecule has 0 fully saturated rings. The lowest BCUT2D eigenvalue weighted by molar-refractivity contribution is 0.321. The van der Waals surface area contributed by atoms with E-state index in [1.54, 1.807) is 0 Å². The van der Waals surface area contributed by atoms with Gasteiger partial charge in [0.05, 0.1) is 6.33 Å². The summed E-state index contributed by atoms with van der Waals surface area (Å²) in [7, 11) is 0. The molecule has 7 heteroatoms. The molecular formula is C18H34FN5O. The highest BCUT2D eigenvalue weighted by Gasteiger charge is 2.06. The zero-order chi connectivity index (χ0) is 19.2. The molecule has 0 saturated carbocycles. The molecule has 0 aromatic carbocycles. The van der Waals surface area contributed by atoms with Crippen LogP contribution in [0.4, 0.5) is 4.39 Å². The Balaban J connectivity index is 0.000000366. The van der Waals surface area contributed by atoms with Crippen molar-refractivity contribution in [1.29, 1.82) is 0 Å². The summed E-state index contributed by atoms with van der Waals surface area (Å²) in [6, 6.07) is 0. The van der Waals surface area contributed by atoms with E-state index in [1.165, 1.54) is 45.6 Å². The fourth-order valence-electron chi connectivity index (χ4n) is 2.28. The number of aromatic amines is 2. The van der Waals surface area contributed by atoms with Crippen LogP contribution in [0.3, 0.4) is 0 Å². The molecule has 0 amide bonds. The van der Waals surface area contributed by atoms with Gasteiger partial charge in [-0.25, -0.2) is 9.37 Å². The summed E-state index contributed by atoms with van der Waals surface area (Å²) in [4.78, 5) is 24.2. The number of nitrogens with one attached hydrogen (secondary N) is 2. The minimum absolute atomic E-state index is 0.0208. The van der Waals surface area contributed by atoms with Gasteiger partial charge in [0.25, 0.3) is 5.56 Å². The lowest BCUT2D eigenvalue weighted by Crippen LogP contribution is -2.21. The highest BCUT2D eigenvalue weighted by Crippen LogP contribution is 2.07. The number of rotatable bonds is 6. The van der Waals surface area contributed by atoms with Gasteiger partial charge in [-0.1, -0.05) is 41.5 Å². The van der Waals surface area contributed by atoms with Crippen LogP contribution in [-0.4, -0.2) is 64.0 Å². The maximum Gasteiger partial charge on any atom is 0.263 e. The fraction of sp³-hybridized carbons (Fsp3) is 0.667. The van der Waals surface area contributed by atoms with E-state index in [2.05, 4.69) is 66.3 Å². The Kier molecular flexibility index (Phi) is 12.6. The van der Waals surface area contributed by atoms with Crippen molar-refractivity contribution in [2.24, 2.45) is 0 Å². The molecule has 2 rings (SSSR count). The van der Waals surface area contributed by atoms with E-state index >= 15 is 0 Å². The van der Waals surface area contributed by atoms with E-state index in [0.29, 0.717) is 0 Å². The molecule has 0 atom stereocenters. The molecule has 2 N–H and O–H groups in total. The Bertz CT molecular complexity index is 594. The topological polar surface area (TPSA) is 68.0 Å². The van der Waals surface area contributed by atoms with E-state index in [-0.39, 0.29) is 11.0 Å². The summed E-state index contributed by atoms with van der Waals surface area (Å²) in [5.41, 5.74) is -0.194. The lowest BCUT2D eigenvalue weighted by atomic mass is 10.4. The van der Waals surface area contributed by atoms with Crippen LogP contribution >= 0.6 is 0 Å². The van der Waals surface area contributed by atoms with Crippen LogP contribution in [0.5, 0.6) is 0 Å². The van der Waals surface area contributed by atoms with Crippen molar-refractivity contribution in [3.63, 3.8) is 0 Å². The number of hydrogen-bond acceptors (Lipinski definition) is 4. The van der Waals surface area contributed by atoms with Crippen LogP contribution in [0.2, 0.25) is 0 Å². The van der Waals surface area contributed by atoms with Crippen molar-refractivity contribution in [3.8, 4) is 0 Å². The van der Waals surface area contributed by atoms with E-state index in [4.69, 9.17) is 0 Å². The van der Waals surface area contributed by atoms with Gasteiger partial charge in [-0.15, -0.1) is 0 Å². The number of H-pyrrole nitrogens is 2. The largest absolute Gasteiger partial charge is 0.343 e. The lowest BCUT2D eigenvalue weighted by Gasteiger charge is -2.13. The number of fused-ring (bicyclic) bond motifs is 1. The van der Waals surface area contributed by atoms with Crippen LogP contribution in [-0.2, 0) is 0 Å². The van der Waals surface area contributed by atoms with E-state index in [1.807, 2.05) is 0 Å². The molecule has 0 aliphatic carbocycles. The molecule has 6 nitrogen and oxygen atoms in total. The zero-order valence-electron chi connectivity index (χ0n) is 16.5. The SMILES string of the molecule is CCN(CC)CC.CCN(CC)CC.O=c1[nH]cnc2[nH]cc(F)c12.